The molecule has 304 valence electrons. The molecule has 9 heteroatoms. The van der Waals surface area contributed by atoms with Gasteiger partial charge in [-0.3, -0.25) is 19.3 Å². The predicted octanol–water partition coefficient (Wildman–Crippen LogP) is 7.30. The van der Waals surface area contributed by atoms with Gasteiger partial charge in [0, 0.05) is 68.7 Å². The van der Waals surface area contributed by atoms with Crippen molar-refractivity contribution in [3.63, 3.8) is 0 Å². The lowest BCUT2D eigenvalue weighted by Crippen LogP contribution is -2.43. The van der Waals surface area contributed by atoms with Crippen molar-refractivity contribution in [2.24, 2.45) is 5.73 Å². The zero-order valence-electron chi connectivity index (χ0n) is 34.7. The number of morpholine rings is 1. The average Bonchev–Trinajstić information content (AvgIpc) is 3.49. The quantitative estimate of drug-likeness (QED) is 0.144. The summed E-state index contributed by atoms with van der Waals surface area (Å²) in [5, 5.41) is 0. The number of ether oxygens (including phenoxy) is 1. The Morgan fingerprint density at radius 3 is 2.19 bits per heavy atom. The SMILES string of the molecule is CCCCc1c(CCCC)c(-c2cc3c(cc2C(=O)N2Cc4ccccc4C[C@H]2C)CN(C(=O)Cc2ccccc2)CC3)n(CCN2CCOCC2)c1C.NC=O. The van der Waals surface area contributed by atoms with Crippen molar-refractivity contribution in [1.82, 2.24) is 19.3 Å². The molecule has 1 aromatic heterocycles. The molecule has 3 aliphatic heterocycles. The number of hydrogen-bond acceptors (Lipinski definition) is 5. The second-order valence-corrected chi connectivity index (χ2v) is 16.0. The Labute approximate surface area is 340 Å². The number of rotatable bonds is 13. The number of nitrogens with two attached hydrogens (primary N) is 1. The molecule has 1 saturated heterocycles. The maximum absolute atomic E-state index is 15.3. The molecule has 1 fully saturated rings. The van der Waals surface area contributed by atoms with Gasteiger partial charge in [0.1, 0.15) is 0 Å². The maximum atomic E-state index is 15.3. The molecule has 0 saturated carbocycles. The summed E-state index contributed by atoms with van der Waals surface area (Å²) < 4.78 is 8.28. The topological polar surface area (TPSA) is 101 Å². The van der Waals surface area contributed by atoms with Crippen molar-refractivity contribution >= 4 is 18.2 Å². The second-order valence-electron chi connectivity index (χ2n) is 16.0. The third kappa shape index (κ3) is 9.87. The lowest BCUT2D eigenvalue weighted by molar-refractivity contribution is -0.131. The van der Waals surface area contributed by atoms with Crippen LogP contribution in [0, 0.1) is 6.92 Å². The fraction of sp³-hybridized carbons (Fsp3) is 0.479. The van der Waals surface area contributed by atoms with E-state index in [0.717, 1.165) is 113 Å². The number of fused-ring (bicyclic) bond motifs is 2. The first-order valence-corrected chi connectivity index (χ1v) is 21.3. The van der Waals surface area contributed by atoms with E-state index in [9.17, 15) is 4.79 Å². The smallest absolute Gasteiger partial charge is 0.255 e. The highest BCUT2D eigenvalue weighted by Crippen LogP contribution is 2.39. The Balaban J connectivity index is 0.00000177. The number of amides is 3. The third-order valence-corrected chi connectivity index (χ3v) is 12.2. The molecule has 7 rings (SSSR count). The summed E-state index contributed by atoms with van der Waals surface area (Å²) in [5.74, 6) is 0.234. The lowest BCUT2D eigenvalue weighted by atomic mass is 9.87. The van der Waals surface area contributed by atoms with E-state index >= 15 is 4.79 Å². The molecule has 0 aliphatic carbocycles. The van der Waals surface area contributed by atoms with Crippen LogP contribution in [0.4, 0.5) is 0 Å². The highest BCUT2D eigenvalue weighted by atomic mass is 16.5. The highest BCUT2D eigenvalue weighted by Gasteiger charge is 2.33. The molecule has 1 atom stereocenters. The molecular weight excluding hydrogens is 711 g/mol. The summed E-state index contributed by atoms with van der Waals surface area (Å²) in [4.78, 5) is 44.1. The van der Waals surface area contributed by atoms with Crippen LogP contribution in [-0.4, -0.2) is 82.9 Å². The van der Waals surface area contributed by atoms with Gasteiger partial charge in [-0.25, -0.2) is 0 Å². The molecule has 4 aromatic rings. The summed E-state index contributed by atoms with van der Waals surface area (Å²) in [6, 6.07) is 23.2. The highest BCUT2D eigenvalue weighted by molar-refractivity contribution is 6.02. The molecule has 2 N–H and O–H groups in total. The minimum atomic E-state index is 0.0785. The predicted molar refractivity (Wildman–Crippen MR) is 228 cm³/mol. The van der Waals surface area contributed by atoms with Crippen molar-refractivity contribution in [2.45, 2.75) is 111 Å². The minimum Gasteiger partial charge on any atom is -0.379 e. The third-order valence-electron chi connectivity index (χ3n) is 12.2. The molecule has 0 bridgehead atoms. The Bertz CT molecular complexity index is 1980. The first kappa shape index (κ1) is 41.9. The van der Waals surface area contributed by atoms with E-state index in [1.165, 1.54) is 39.2 Å². The van der Waals surface area contributed by atoms with E-state index in [-0.39, 0.29) is 24.3 Å². The van der Waals surface area contributed by atoms with Crippen LogP contribution in [0.25, 0.3) is 11.3 Å². The molecule has 3 aliphatic rings. The number of unbranched alkanes of at least 4 members (excludes halogenated alkanes) is 2. The number of primary amides is 1. The van der Waals surface area contributed by atoms with Gasteiger partial charge in [-0.2, -0.15) is 0 Å². The fourth-order valence-electron chi connectivity index (χ4n) is 9.00. The van der Waals surface area contributed by atoms with Crippen LogP contribution in [0.5, 0.6) is 0 Å². The van der Waals surface area contributed by atoms with Gasteiger partial charge in [0.05, 0.1) is 25.3 Å². The zero-order valence-corrected chi connectivity index (χ0v) is 34.7. The van der Waals surface area contributed by atoms with Crippen molar-refractivity contribution in [3.8, 4) is 11.3 Å². The van der Waals surface area contributed by atoms with Crippen molar-refractivity contribution in [1.29, 1.82) is 0 Å². The zero-order chi connectivity index (χ0) is 40.3. The van der Waals surface area contributed by atoms with Crippen molar-refractivity contribution in [3.05, 3.63) is 117 Å². The lowest BCUT2D eigenvalue weighted by Gasteiger charge is -2.36. The fourth-order valence-corrected chi connectivity index (χ4v) is 9.00. The van der Waals surface area contributed by atoms with Crippen LogP contribution in [-0.2, 0) is 66.1 Å². The van der Waals surface area contributed by atoms with E-state index in [4.69, 9.17) is 9.53 Å². The molecule has 3 aromatic carbocycles. The number of hydrogen-bond donors (Lipinski definition) is 1. The van der Waals surface area contributed by atoms with Gasteiger partial charge in [0.2, 0.25) is 12.3 Å². The Hall–Kier alpha value is -4.73. The van der Waals surface area contributed by atoms with Crippen LogP contribution in [0.3, 0.4) is 0 Å². The number of benzene rings is 3. The average molecular weight is 774 g/mol. The van der Waals surface area contributed by atoms with Gasteiger partial charge in [0.15, 0.2) is 0 Å². The summed E-state index contributed by atoms with van der Waals surface area (Å²) in [6.07, 6.45) is 8.89. The Morgan fingerprint density at radius 2 is 1.49 bits per heavy atom. The number of aromatic nitrogens is 1. The van der Waals surface area contributed by atoms with Gasteiger partial charge in [-0.1, -0.05) is 81.3 Å². The summed E-state index contributed by atoms with van der Waals surface area (Å²) >= 11 is 0. The van der Waals surface area contributed by atoms with Crippen LogP contribution in [0.15, 0.2) is 66.7 Å². The van der Waals surface area contributed by atoms with Crippen molar-refractivity contribution < 1.29 is 19.1 Å². The molecule has 57 heavy (non-hydrogen) atoms. The molecule has 0 spiro atoms. The number of carbonyl (C=O) groups excluding carboxylic acids is 3. The van der Waals surface area contributed by atoms with Gasteiger partial charge < -0.3 is 24.8 Å². The van der Waals surface area contributed by atoms with Crippen LogP contribution in [0.1, 0.15) is 101 Å². The largest absolute Gasteiger partial charge is 0.379 e. The van der Waals surface area contributed by atoms with Crippen LogP contribution in [0.2, 0.25) is 0 Å². The Morgan fingerprint density at radius 1 is 0.825 bits per heavy atom. The van der Waals surface area contributed by atoms with E-state index < -0.39 is 0 Å². The monoisotopic (exact) mass is 773 g/mol. The molecule has 0 radical (unpaired) electrons. The van der Waals surface area contributed by atoms with Gasteiger partial charge in [-0.15, -0.1) is 0 Å². The second kappa shape index (κ2) is 20.1. The normalized spacial score (nSPS) is 16.7. The molecule has 3 amide bonds. The van der Waals surface area contributed by atoms with Crippen molar-refractivity contribution in [2.75, 3.05) is 39.4 Å². The van der Waals surface area contributed by atoms with Crippen LogP contribution < -0.4 is 5.73 Å². The molecule has 0 unspecified atom stereocenters. The van der Waals surface area contributed by atoms with Gasteiger partial charge in [0.25, 0.3) is 5.91 Å². The van der Waals surface area contributed by atoms with E-state index in [2.05, 4.69) is 84.2 Å². The van der Waals surface area contributed by atoms with Crippen LogP contribution >= 0.6 is 0 Å². The van der Waals surface area contributed by atoms with E-state index in [1.54, 1.807) is 0 Å². The first-order chi connectivity index (χ1) is 27.8. The molecular formula is C48H63N5O4. The number of carbonyl (C=O) groups is 3. The number of nitrogens with zero attached hydrogens (tertiary/aromatic N) is 4. The maximum Gasteiger partial charge on any atom is 0.255 e. The Kier molecular flexibility index (Phi) is 14.8. The van der Waals surface area contributed by atoms with Gasteiger partial charge in [-0.05, 0) is 103 Å². The van der Waals surface area contributed by atoms with E-state index in [1.807, 2.05) is 35.2 Å². The first-order valence-electron chi connectivity index (χ1n) is 21.3. The standard InChI is InChI=1S/C47H60N4O3.CH3NO/c1-5-7-18-41-35(4)50(23-22-48-24-26-54-27-25-48)46(42(41)19-8-6-2)43-30-38-20-21-49(45(52)29-36-14-10-9-11-15-36)32-40(38)31-44(43)47(53)51-33-39-17-13-12-16-37(39)28-34(51)3;2-1-3/h9-17,30-31,34H,5-8,18-29,32-33H2,1-4H3;1H,(H2,2,3)/t34-;/m1./s1. The molecule has 4 heterocycles. The molecule has 9 nitrogen and oxygen atoms in total. The van der Waals surface area contributed by atoms with Gasteiger partial charge >= 0.3 is 0 Å². The summed E-state index contributed by atoms with van der Waals surface area (Å²) in [6.45, 7) is 16.2. The minimum absolute atomic E-state index is 0.0785. The van der Waals surface area contributed by atoms with E-state index in [0.29, 0.717) is 26.1 Å². The summed E-state index contributed by atoms with van der Waals surface area (Å²) in [5.41, 5.74) is 17.5. The summed E-state index contributed by atoms with van der Waals surface area (Å²) in [7, 11) is 0.